The predicted molar refractivity (Wildman–Crippen MR) is 96.1 cm³/mol. The average Bonchev–Trinajstić information content (AvgIpc) is 3.12. The van der Waals surface area contributed by atoms with Gasteiger partial charge in [0.2, 0.25) is 0 Å². The fraction of sp³-hybridized carbons (Fsp3) is 0.333. The van der Waals surface area contributed by atoms with Crippen molar-refractivity contribution in [2.24, 2.45) is 0 Å². The summed E-state index contributed by atoms with van der Waals surface area (Å²) >= 11 is 0. The van der Waals surface area contributed by atoms with Crippen molar-refractivity contribution in [1.82, 2.24) is 9.80 Å². The standard InChI is InChI=1S/C21H21N3O/c22-15-16-4-3-6-18(14-16)21(25)24-12-10-23(11-13-24)20-9-8-17-5-1-2-7-19(17)20/h1-7,14,20H,8-13H2. The average molecular weight is 331 g/mol. The summed E-state index contributed by atoms with van der Waals surface area (Å²) in [5, 5.41) is 9.01. The van der Waals surface area contributed by atoms with Crippen LogP contribution >= 0.6 is 0 Å². The second-order valence-corrected chi connectivity index (χ2v) is 6.77. The summed E-state index contributed by atoms with van der Waals surface area (Å²) < 4.78 is 0. The van der Waals surface area contributed by atoms with Gasteiger partial charge in [-0.25, -0.2) is 0 Å². The fourth-order valence-corrected chi connectivity index (χ4v) is 4.05. The molecule has 4 nitrogen and oxygen atoms in total. The second kappa shape index (κ2) is 6.70. The van der Waals surface area contributed by atoms with E-state index in [1.54, 1.807) is 24.3 Å². The third kappa shape index (κ3) is 3.04. The van der Waals surface area contributed by atoms with Gasteiger partial charge in [-0.3, -0.25) is 9.69 Å². The maximum absolute atomic E-state index is 12.7. The first-order valence-corrected chi connectivity index (χ1v) is 8.87. The van der Waals surface area contributed by atoms with Gasteiger partial charge in [-0.1, -0.05) is 30.3 Å². The molecule has 0 radical (unpaired) electrons. The van der Waals surface area contributed by atoms with E-state index < -0.39 is 0 Å². The third-order valence-electron chi connectivity index (χ3n) is 5.38. The molecule has 4 rings (SSSR count). The number of nitrogens with zero attached hydrogens (tertiary/aromatic N) is 3. The molecule has 1 aliphatic carbocycles. The van der Waals surface area contributed by atoms with E-state index in [-0.39, 0.29) is 5.91 Å². The van der Waals surface area contributed by atoms with Crippen molar-refractivity contribution in [2.75, 3.05) is 26.2 Å². The van der Waals surface area contributed by atoms with Crippen LogP contribution in [0.15, 0.2) is 48.5 Å². The van der Waals surface area contributed by atoms with Gasteiger partial charge in [0, 0.05) is 37.8 Å². The Hall–Kier alpha value is -2.64. The number of hydrogen-bond donors (Lipinski definition) is 0. The Morgan fingerprint density at radius 3 is 2.64 bits per heavy atom. The van der Waals surface area contributed by atoms with Crippen molar-refractivity contribution < 1.29 is 4.79 Å². The van der Waals surface area contributed by atoms with E-state index >= 15 is 0 Å². The summed E-state index contributed by atoms with van der Waals surface area (Å²) in [6.45, 7) is 3.30. The molecular weight excluding hydrogens is 310 g/mol. The van der Waals surface area contributed by atoms with Gasteiger partial charge in [-0.15, -0.1) is 0 Å². The van der Waals surface area contributed by atoms with Gasteiger partial charge in [0.15, 0.2) is 0 Å². The number of amides is 1. The molecule has 1 aliphatic heterocycles. The Labute approximate surface area is 148 Å². The van der Waals surface area contributed by atoms with Crippen molar-refractivity contribution in [3.8, 4) is 6.07 Å². The summed E-state index contributed by atoms with van der Waals surface area (Å²) in [5.41, 5.74) is 4.08. The monoisotopic (exact) mass is 331 g/mol. The first-order valence-electron chi connectivity index (χ1n) is 8.87. The van der Waals surface area contributed by atoms with Crippen LogP contribution in [0.2, 0.25) is 0 Å². The smallest absolute Gasteiger partial charge is 0.253 e. The molecular formula is C21H21N3O. The van der Waals surface area contributed by atoms with Crippen LogP contribution in [-0.2, 0) is 6.42 Å². The highest BCUT2D eigenvalue weighted by atomic mass is 16.2. The van der Waals surface area contributed by atoms with Crippen LogP contribution < -0.4 is 0 Å². The van der Waals surface area contributed by atoms with Gasteiger partial charge < -0.3 is 4.90 Å². The number of aryl methyl sites for hydroxylation is 1. The highest BCUT2D eigenvalue weighted by Crippen LogP contribution is 2.35. The number of rotatable bonds is 2. The fourth-order valence-electron chi connectivity index (χ4n) is 4.05. The lowest BCUT2D eigenvalue weighted by Gasteiger charge is -2.38. The molecule has 2 aromatic rings. The number of benzene rings is 2. The molecule has 2 aliphatic rings. The second-order valence-electron chi connectivity index (χ2n) is 6.77. The molecule has 1 fully saturated rings. The maximum atomic E-state index is 12.7. The largest absolute Gasteiger partial charge is 0.336 e. The van der Waals surface area contributed by atoms with E-state index in [9.17, 15) is 4.79 Å². The molecule has 0 N–H and O–H groups in total. The Kier molecular flexibility index (Phi) is 4.25. The molecule has 1 amide bonds. The highest BCUT2D eigenvalue weighted by Gasteiger charge is 2.31. The summed E-state index contributed by atoms with van der Waals surface area (Å²) in [7, 11) is 0. The third-order valence-corrected chi connectivity index (χ3v) is 5.38. The lowest BCUT2D eigenvalue weighted by atomic mass is 10.1. The maximum Gasteiger partial charge on any atom is 0.253 e. The van der Waals surface area contributed by atoms with Crippen LogP contribution in [0.25, 0.3) is 0 Å². The SMILES string of the molecule is N#Cc1cccc(C(=O)N2CCN(C3CCc4ccccc43)CC2)c1. The number of fused-ring (bicyclic) bond motifs is 1. The highest BCUT2D eigenvalue weighted by molar-refractivity contribution is 5.94. The minimum atomic E-state index is 0.0311. The van der Waals surface area contributed by atoms with E-state index in [2.05, 4.69) is 35.2 Å². The molecule has 0 bridgehead atoms. The van der Waals surface area contributed by atoms with Crippen LogP contribution in [0.5, 0.6) is 0 Å². The lowest BCUT2D eigenvalue weighted by Crippen LogP contribution is -2.49. The van der Waals surface area contributed by atoms with E-state index in [4.69, 9.17) is 5.26 Å². The van der Waals surface area contributed by atoms with Gasteiger partial charge in [0.05, 0.1) is 11.6 Å². The first-order chi connectivity index (χ1) is 12.3. The van der Waals surface area contributed by atoms with E-state index in [0.29, 0.717) is 17.2 Å². The van der Waals surface area contributed by atoms with Crippen molar-refractivity contribution in [3.05, 3.63) is 70.8 Å². The quantitative estimate of drug-likeness (QED) is 0.850. The molecule has 0 spiro atoms. The van der Waals surface area contributed by atoms with Gasteiger partial charge in [-0.05, 0) is 42.2 Å². The predicted octanol–water partition coefficient (Wildman–Crippen LogP) is 3.00. The summed E-state index contributed by atoms with van der Waals surface area (Å²) in [6.07, 6.45) is 2.33. The topological polar surface area (TPSA) is 47.3 Å². The summed E-state index contributed by atoms with van der Waals surface area (Å²) in [4.78, 5) is 17.1. The molecule has 1 saturated heterocycles. The molecule has 126 valence electrons. The molecule has 0 aromatic heterocycles. The van der Waals surface area contributed by atoms with Crippen molar-refractivity contribution in [3.63, 3.8) is 0 Å². The van der Waals surface area contributed by atoms with Crippen LogP contribution in [-0.4, -0.2) is 41.9 Å². The number of hydrogen-bond acceptors (Lipinski definition) is 3. The molecule has 1 unspecified atom stereocenters. The number of carbonyl (C=O) groups is 1. The van der Waals surface area contributed by atoms with Gasteiger partial charge in [-0.2, -0.15) is 5.26 Å². The molecule has 25 heavy (non-hydrogen) atoms. The Morgan fingerprint density at radius 2 is 1.84 bits per heavy atom. The van der Waals surface area contributed by atoms with E-state index in [0.717, 1.165) is 32.6 Å². The van der Waals surface area contributed by atoms with Crippen molar-refractivity contribution in [1.29, 1.82) is 5.26 Å². The summed E-state index contributed by atoms with van der Waals surface area (Å²) in [5.74, 6) is 0.0311. The minimum Gasteiger partial charge on any atom is -0.336 e. The van der Waals surface area contributed by atoms with Gasteiger partial charge >= 0.3 is 0 Å². The van der Waals surface area contributed by atoms with Gasteiger partial charge in [0.25, 0.3) is 5.91 Å². The van der Waals surface area contributed by atoms with Crippen molar-refractivity contribution in [2.45, 2.75) is 18.9 Å². The lowest BCUT2D eigenvalue weighted by molar-refractivity contribution is 0.0568. The Balaban J connectivity index is 1.42. The minimum absolute atomic E-state index is 0.0311. The zero-order valence-corrected chi connectivity index (χ0v) is 14.2. The van der Waals surface area contributed by atoms with Crippen LogP contribution in [0.1, 0.15) is 39.5 Å². The van der Waals surface area contributed by atoms with Gasteiger partial charge in [0.1, 0.15) is 0 Å². The molecule has 4 heteroatoms. The summed E-state index contributed by atoms with van der Waals surface area (Å²) in [6, 6.07) is 18.3. The first kappa shape index (κ1) is 15.9. The molecule has 2 aromatic carbocycles. The zero-order valence-electron chi connectivity index (χ0n) is 14.2. The van der Waals surface area contributed by atoms with Crippen LogP contribution in [0.4, 0.5) is 0 Å². The number of carbonyl (C=O) groups excluding carboxylic acids is 1. The Morgan fingerprint density at radius 1 is 1.04 bits per heavy atom. The number of nitriles is 1. The number of piperazine rings is 1. The molecule has 1 heterocycles. The Bertz CT molecular complexity index is 831. The van der Waals surface area contributed by atoms with Crippen molar-refractivity contribution >= 4 is 5.91 Å². The normalized spacial score (nSPS) is 20.1. The molecule has 1 atom stereocenters. The van der Waals surface area contributed by atoms with E-state index in [1.165, 1.54) is 17.5 Å². The van der Waals surface area contributed by atoms with E-state index in [1.807, 2.05) is 4.90 Å². The zero-order chi connectivity index (χ0) is 17.2. The molecule has 0 saturated carbocycles. The van der Waals surface area contributed by atoms with Crippen LogP contribution in [0, 0.1) is 11.3 Å². The van der Waals surface area contributed by atoms with Crippen LogP contribution in [0.3, 0.4) is 0 Å².